The first-order valence-electron chi connectivity index (χ1n) is 9.61. The van der Waals surface area contributed by atoms with Crippen molar-refractivity contribution in [3.05, 3.63) is 65.2 Å². The number of carbonyl (C=O) groups is 2. The number of allylic oxidation sites excluding steroid dienone is 2. The molecule has 0 spiro atoms. The van der Waals surface area contributed by atoms with Gasteiger partial charge in [0.2, 0.25) is 5.91 Å². The number of hydrogen-bond donors (Lipinski definition) is 2. The molecule has 30 heavy (non-hydrogen) atoms. The van der Waals surface area contributed by atoms with E-state index in [4.69, 9.17) is 11.6 Å². The van der Waals surface area contributed by atoms with Crippen molar-refractivity contribution >= 4 is 44.6 Å². The van der Waals surface area contributed by atoms with Gasteiger partial charge in [-0.15, -0.1) is 0 Å². The van der Waals surface area contributed by atoms with E-state index in [0.29, 0.717) is 23.2 Å². The summed E-state index contributed by atoms with van der Waals surface area (Å²) in [5.74, 6) is 0.311. The minimum absolute atomic E-state index is 0.0136. The zero-order valence-electron chi connectivity index (χ0n) is 16.3. The molecule has 2 aliphatic carbocycles. The molecule has 2 bridgehead atoms. The first-order chi connectivity index (χ1) is 14.2. The quantitative estimate of drug-likeness (QED) is 0.677. The van der Waals surface area contributed by atoms with Gasteiger partial charge in [-0.25, -0.2) is 8.42 Å². The Labute approximate surface area is 180 Å². The second kappa shape index (κ2) is 7.89. The molecule has 0 unspecified atom stereocenters. The topological polar surface area (TPSA) is 92.3 Å². The highest BCUT2D eigenvalue weighted by molar-refractivity contribution is 7.90. The van der Waals surface area contributed by atoms with Gasteiger partial charge in [-0.1, -0.05) is 29.8 Å². The van der Waals surface area contributed by atoms with Crippen molar-refractivity contribution in [2.75, 3.05) is 16.9 Å². The van der Waals surface area contributed by atoms with Crippen LogP contribution in [-0.4, -0.2) is 26.5 Å². The van der Waals surface area contributed by atoms with E-state index >= 15 is 0 Å². The lowest BCUT2D eigenvalue weighted by molar-refractivity contribution is -0.120. The number of rotatable bonds is 5. The van der Waals surface area contributed by atoms with Crippen LogP contribution in [0.3, 0.4) is 0 Å². The van der Waals surface area contributed by atoms with Gasteiger partial charge >= 0.3 is 0 Å². The number of sulfone groups is 1. The minimum atomic E-state index is -3.42. The average molecular weight is 445 g/mol. The summed E-state index contributed by atoms with van der Waals surface area (Å²) >= 11 is 6.30. The smallest absolute Gasteiger partial charge is 0.255 e. The average Bonchev–Trinajstić information content (AvgIpc) is 3.33. The van der Waals surface area contributed by atoms with Crippen LogP contribution >= 0.6 is 11.6 Å². The van der Waals surface area contributed by atoms with Crippen LogP contribution in [0.4, 0.5) is 11.4 Å². The van der Waals surface area contributed by atoms with E-state index in [2.05, 4.69) is 22.8 Å². The van der Waals surface area contributed by atoms with Gasteiger partial charge < -0.3 is 10.6 Å². The van der Waals surface area contributed by atoms with Gasteiger partial charge in [-0.05, 0) is 61.1 Å². The lowest BCUT2D eigenvalue weighted by atomic mass is 9.93. The van der Waals surface area contributed by atoms with Crippen LogP contribution in [0.25, 0.3) is 0 Å². The molecule has 0 radical (unpaired) electrons. The fraction of sp³-hybridized carbons (Fsp3) is 0.273. The van der Waals surface area contributed by atoms with Gasteiger partial charge in [0.1, 0.15) is 0 Å². The third-order valence-electron chi connectivity index (χ3n) is 5.62. The monoisotopic (exact) mass is 444 g/mol. The van der Waals surface area contributed by atoms with Gasteiger partial charge in [-0.2, -0.15) is 0 Å². The Kier molecular flexibility index (Phi) is 5.42. The molecular weight excluding hydrogens is 424 g/mol. The lowest BCUT2D eigenvalue weighted by Gasteiger charge is -2.18. The Balaban J connectivity index is 1.44. The van der Waals surface area contributed by atoms with E-state index in [0.717, 1.165) is 19.1 Å². The second-order valence-corrected chi connectivity index (χ2v) is 10.2. The summed E-state index contributed by atoms with van der Waals surface area (Å²) in [6.45, 7) is 0. The summed E-state index contributed by atoms with van der Waals surface area (Å²) in [6.07, 6.45) is 7.32. The summed E-state index contributed by atoms with van der Waals surface area (Å²) in [4.78, 5) is 25.1. The van der Waals surface area contributed by atoms with Crippen molar-refractivity contribution in [1.29, 1.82) is 0 Å². The fourth-order valence-corrected chi connectivity index (χ4v) is 4.97. The van der Waals surface area contributed by atoms with Gasteiger partial charge in [-0.3, -0.25) is 9.59 Å². The first-order valence-corrected chi connectivity index (χ1v) is 11.9. The van der Waals surface area contributed by atoms with Crippen molar-refractivity contribution in [3.63, 3.8) is 0 Å². The Morgan fingerprint density at radius 2 is 1.83 bits per heavy atom. The minimum Gasteiger partial charge on any atom is -0.326 e. The maximum Gasteiger partial charge on any atom is 0.255 e. The van der Waals surface area contributed by atoms with Crippen LogP contribution in [0, 0.1) is 17.8 Å². The molecule has 6 nitrogen and oxygen atoms in total. The maximum absolute atomic E-state index is 12.6. The highest BCUT2D eigenvalue weighted by Gasteiger charge is 2.39. The maximum atomic E-state index is 12.6. The van der Waals surface area contributed by atoms with Crippen LogP contribution < -0.4 is 10.6 Å². The van der Waals surface area contributed by atoms with E-state index in [1.54, 1.807) is 18.2 Å². The first kappa shape index (κ1) is 20.6. The SMILES string of the molecule is CS(=O)(=O)c1cccc(C(=O)Nc2ccc(NC(=O)[C@H]3C[C@H]4C=C[C@H]3C4)cc2Cl)c1. The predicted octanol–water partition coefficient (Wildman–Crippen LogP) is 4.15. The zero-order valence-corrected chi connectivity index (χ0v) is 17.8. The molecule has 2 aromatic rings. The molecular formula is C22H21ClN2O4S. The number of benzene rings is 2. The molecule has 0 heterocycles. The van der Waals surface area contributed by atoms with Gasteiger partial charge in [0.15, 0.2) is 9.84 Å². The Morgan fingerprint density at radius 3 is 2.47 bits per heavy atom. The van der Waals surface area contributed by atoms with E-state index in [-0.39, 0.29) is 27.3 Å². The predicted molar refractivity (Wildman–Crippen MR) is 116 cm³/mol. The molecule has 1 fully saturated rings. The van der Waals surface area contributed by atoms with E-state index in [1.165, 1.54) is 24.3 Å². The fourth-order valence-electron chi connectivity index (χ4n) is 4.07. The molecule has 4 rings (SSSR count). The number of halogens is 1. The number of nitrogens with one attached hydrogen (secondary N) is 2. The summed E-state index contributed by atoms with van der Waals surface area (Å²) in [5, 5.41) is 5.86. The van der Waals surface area contributed by atoms with Crippen molar-refractivity contribution < 1.29 is 18.0 Å². The number of anilines is 2. The van der Waals surface area contributed by atoms with Crippen LogP contribution in [-0.2, 0) is 14.6 Å². The Morgan fingerprint density at radius 1 is 1.03 bits per heavy atom. The van der Waals surface area contributed by atoms with Gasteiger partial charge in [0, 0.05) is 23.4 Å². The third-order valence-corrected chi connectivity index (χ3v) is 7.05. The third kappa shape index (κ3) is 4.27. The molecule has 0 saturated heterocycles. The van der Waals surface area contributed by atoms with E-state index in [1.807, 2.05) is 0 Å². The van der Waals surface area contributed by atoms with Crippen LogP contribution in [0.15, 0.2) is 59.5 Å². The molecule has 3 atom stereocenters. The highest BCUT2D eigenvalue weighted by Crippen LogP contribution is 2.43. The van der Waals surface area contributed by atoms with E-state index < -0.39 is 15.7 Å². The van der Waals surface area contributed by atoms with Crippen LogP contribution in [0.5, 0.6) is 0 Å². The van der Waals surface area contributed by atoms with E-state index in [9.17, 15) is 18.0 Å². The normalized spacial score (nSPS) is 22.1. The van der Waals surface area contributed by atoms with Gasteiger partial charge in [0.25, 0.3) is 5.91 Å². The zero-order chi connectivity index (χ0) is 21.5. The van der Waals surface area contributed by atoms with Crippen molar-refractivity contribution in [2.45, 2.75) is 17.7 Å². The van der Waals surface area contributed by atoms with Crippen molar-refractivity contribution in [1.82, 2.24) is 0 Å². The molecule has 2 N–H and O–H groups in total. The molecule has 2 aromatic carbocycles. The molecule has 8 heteroatoms. The summed E-state index contributed by atoms with van der Waals surface area (Å²) in [6, 6.07) is 10.7. The standard InChI is InChI=1S/C22H21ClN2O4S/c1-30(28,29)17-4-2-3-15(11-17)21(26)25-20-8-7-16(12-19(20)23)24-22(27)18-10-13-5-6-14(18)9-13/h2-8,11-14,18H,9-10H2,1H3,(H,24,27)(H,25,26)/t13-,14-,18-/m0/s1. The second-order valence-electron chi connectivity index (χ2n) is 7.82. The van der Waals surface area contributed by atoms with Gasteiger partial charge in [0.05, 0.1) is 15.6 Å². The number of amides is 2. The molecule has 1 saturated carbocycles. The molecule has 156 valence electrons. The molecule has 0 aromatic heterocycles. The van der Waals surface area contributed by atoms with Crippen molar-refractivity contribution in [3.8, 4) is 0 Å². The molecule has 2 amide bonds. The lowest BCUT2D eigenvalue weighted by Crippen LogP contribution is -2.25. The largest absolute Gasteiger partial charge is 0.326 e. The summed E-state index contributed by atoms with van der Waals surface area (Å²) in [7, 11) is -3.42. The number of carbonyl (C=O) groups excluding carboxylic acids is 2. The molecule has 0 aliphatic heterocycles. The highest BCUT2D eigenvalue weighted by atomic mass is 35.5. The Bertz CT molecular complexity index is 1160. The van der Waals surface area contributed by atoms with Crippen molar-refractivity contribution in [2.24, 2.45) is 17.8 Å². The molecule has 2 aliphatic rings. The Hall–Kier alpha value is -2.64. The van der Waals surface area contributed by atoms with Crippen LogP contribution in [0.1, 0.15) is 23.2 Å². The number of fused-ring (bicyclic) bond motifs is 2. The van der Waals surface area contributed by atoms with Crippen LogP contribution in [0.2, 0.25) is 5.02 Å². The number of hydrogen-bond acceptors (Lipinski definition) is 4. The summed E-state index contributed by atoms with van der Waals surface area (Å²) < 4.78 is 23.4. The summed E-state index contributed by atoms with van der Waals surface area (Å²) in [5.41, 5.74) is 1.14.